The van der Waals surface area contributed by atoms with Gasteiger partial charge in [-0.15, -0.1) is 0 Å². The minimum absolute atomic E-state index is 0.0406. The van der Waals surface area contributed by atoms with Crippen molar-refractivity contribution in [2.45, 2.75) is 42.5 Å². The number of hydrogen-bond donors (Lipinski definition) is 3. The number of ether oxygens (including phenoxy) is 3. The maximum Gasteiger partial charge on any atom is 0.351 e. The van der Waals surface area contributed by atoms with Crippen LogP contribution in [0.2, 0.25) is 0 Å². The van der Waals surface area contributed by atoms with Crippen LogP contribution in [0.5, 0.6) is 11.5 Å². The maximum atomic E-state index is 13.0. The standard InChI is InChI=1S/C33H35N4O9P/c1-42-24-13-9-22(10-14-24)33(21-7-4-3-5-8-21,23-11-15-25(43-2)16-12-23)30(39)29-28(46-47(41)44-20-6-18-34)27(38)31(45-29)37-19-17-26(35)36-32(37)40/h3-5,7-17,19,27-31,38-39,47H,6,20H2,1-2H3,(H2,35,36,40)/t27-,28+,29+,30?,31-/m1/s1. The molecule has 0 saturated carbocycles. The van der Waals surface area contributed by atoms with Crippen molar-refractivity contribution in [1.82, 2.24) is 9.55 Å². The van der Waals surface area contributed by atoms with Gasteiger partial charge in [-0.1, -0.05) is 54.6 Å². The molecule has 0 amide bonds. The van der Waals surface area contributed by atoms with Crippen LogP contribution in [0.1, 0.15) is 29.3 Å². The van der Waals surface area contributed by atoms with Gasteiger partial charge in [-0.05, 0) is 47.0 Å². The summed E-state index contributed by atoms with van der Waals surface area (Å²) in [5.74, 6) is 1.12. The molecule has 1 aliphatic heterocycles. The minimum Gasteiger partial charge on any atom is -0.497 e. The van der Waals surface area contributed by atoms with E-state index < -0.39 is 50.0 Å². The van der Waals surface area contributed by atoms with Gasteiger partial charge >= 0.3 is 13.9 Å². The number of aliphatic hydroxyl groups excluding tert-OH is 2. The molecule has 0 spiro atoms. The smallest absolute Gasteiger partial charge is 0.351 e. The molecule has 246 valence electrons. The van der Waals surface area contributed by atoms with Crippen LogP contribution in [0.15, 0.2) is 95.9 Å². The fourth-order valence-electron chi connectivity index (χ4n) is 5.91. The molecule has 5 rings (SSSR count). The molecule has 14 heteroatoms. The number of aromatic nitrogens is 2. The monoisotopic (exact) mass is 662 g/mol. The van der Waals surface area contributed by atoms with Gasteiger partial charge in [-0.3, -0.25) is 9.13 Å². The lowest BCUT2D eigenvalue weighted by Crippen LogP contribution is -2.52. The van der Waals surface area contributed by atoms with Crippen LogP contribution in [0.3, 0.4) is 0 Å². The van der Waals surface area contributed by atoms with Crippen molar-refractivity contribution in [2.75, 3.05) is 26.6 Å². The van der Waals surface area contributed by atoms with Gasteiger partial charge in [-0.2, -0.15) is 10.2 Å². The second-order valence-electron chi connectivity index (χ2n) is 10.7. The van der Waals surface area contributed by atoms with E-state index in [1.165, 1.54) is 12.3 Å². The summed E-state index contributed by atoms with van der Waals surface area (Å²) in [5.41, 5.74) is 5.34. The van der Waals surface area contributed by atoms with E-state index in [2.05, 4.69) is 4.98 Å². The number of nitrogen functional groups attached to an aromatic ring is 1. The van der Waals surface area contributed by atoms with E-state index in [0.717, 1.165) is 4.57 Å². The summed E-state index contributed by atoms with van der Waals surface area (Å²) in [6.45, 7) is -0.179. The van der Waals surface area contributed by atoms with E-state index in [4.69, 9.17) is 34.3 Å². The lowest BCUT2D eigenvalue weighted by molar-refractivity contribution is -0.0971. The van der Waals surface area contributed by atoms with E-state index >= 15 is 0 Å². The minimum atomic E-state index is -3.33. The van der Waals surface area contributed by atoms with Crippen molar-refractivity contribution in [3.8, 4) is 17.6 Å². The van der Waals surface area contributed by atoms with Crippen molar-refractivity contribution >= 4 is 14.1 Å². The number of rotatable bonds is 13. The van der Waals surface area contributed by atoms with Crippen LogP contribution in [0, 0.1) is 11.3 Å². The molecule has 3 aromatic carbocycles. The molecule has 6 atom stereocenters. The van der Waals surface area contributed by atoms with E-state index in [0.29, 0.717) is 28.2 Å². The molecule has 0 aliphatic carbocycles. The van der Waals surface area contributed by atoms with Gasteiger partial charge in [0.25, 0.3) is 0 Å². The first-order chi connectivity index (χ1) is 22.7. The second kappa shape index (κ2) is 14.9. The first-order valence-corrected chi connectivity index (χ1v) is 15.9. The van der Waals surface area contributed by atoms with E-state index in [9.17, 15) is 19.6 Å². The number of nitrogens with two attached hydrogens (primary N) is 1. The fraction of sp³-hybridized carbons (Fsp3) is 0.303. The van der Waals surface area contributed by atoms with Gasteiger partial charge in [0.1, 0.15) is 41.7 Å². The quantitative estimate of drug-likeness (QED) is 0.108. The van der Waals surface area contributed by atoms with Gasteiger partial charge < -0.3 is 39.2 Å². The van der Waals surface area contributed by atoms with Crippen LogP contribution in [0.25, 0.3) is 0 Å². The first-order valence-electron chi connectivity index (χ1n) is 14.7. The highest BCUT2D eigenvalue weighted by atomic mass is 31.1. The summed E-state index contributed by atoms with van der Waals surface area (Å²) in [6, 6.07) is 26.7. The Morgan fingerprint density at radius 3 is 2.11 bits per heavy atom. The lowest BCUT2D eigenvalue weighted by Gasteiger charge is -2.43. The number of aliphatic hydroxyl groups is 2. The molecule has 2 heterocycles. The normalized spacial score (nSPS) is 20.7. The van der Waals surface area contributed by atoms with Crippen LogP contribution in [0.4, 0.5) is 5.82 Å². The number of nitrogens with zero attached hydrogens (tertiary/aromatic N) is 3. The molecule has 1 aliphatic rings. The highest BCUT2D eigenvalue weighted by molar-refractivity contribution is 7.33. The number of nitriles is 1. The predicted octanol–water partition coefficient (Wildman–Crippen LogP) is 3.20. The third kappa shape index (κ3) is 6.80. The number of benzene rings is 3. The van der Waals surface area contributed by atoms with Crippen LogP contribution >= 0.6 is 8.25 Å². The Bertz CT molecular complexity index is 1720. The maximum absolute atomic E-state index is 13.0. The lowest BCUT2D eigenvalue weighted by atomic mass is 9.64. The molecule has 0 radical (unpaired) electrons. The third-order valence-corrected chi connectivity index (χ3v) is 9.02. The van der Waals surface area contributed by atoms with Crippen LogP contribution in [-0.4, -0.2) is 65.0 Å². The largest absolute Gasteiger partial charge is 0.497 e. The summed E-state index contributed by atoms with van der Waals surface area (Å²) in [7, 11) is -0.239. The summed E-state index contributed by atoms with van der Waals surface area (Å²) in [5, 5.41) is 33.3. The van der Waals surface area contributed by atoms with Crippen molar-refractivity contribution < 1.29 is 38.0 Å². The van der Waals surface area contributed by atoms with E-state index in [1.54, 1.807) is 62.8 Å². The van der Waals surface area contributed by atoms with Crippen molar-refractivity contribution in [3.63, 3.8) is 0 Å². The third-order valence-electron chi connectivity index (χ3n) is 8.12. The summed E-state index contributed by atoms with van der Waals surface area (Å²) in [4.78, 5) is 16.6. The molecule has 1 fully saturated rings. The Labute approximate surface area is 271 Å². The second-order valence-corrected chi connectivity index (χ2v) is 11.7. The predicted molar refractivity (Wildman–Crippen MR) is 171 cm³/mol. The Balaban J connectivity index is 1.71. The van der Waals surface area contributed by atoms with Gasteiger partial charge in [0.15, 0.2) is 6.23 Å². The van der Waals surface area contributed by atoms with Crippen LogP contribution < -0.4 is 20.9 Å². The number of methoxy groups -OCH3 is 2. The zero-order valence-electron chi connectivity index (χ0n) is 25.6. The van der Waals surface area contributed by atoms with Gasteiger partial charge in [0.05, 0.1) is 38.7 Å². The fourth-order valence-corrected chi connectivity index (χ4v) is 6.74. The molecule has 4 aromatic rings. The number of hydrogen-bond acceptors (Lipinski definition) is 12. The first kappa shape index (κ1) is 33.8. The summed E-state index contributed by atoms with van der Waals surface area (Å²) in [6.07, 6.45) is -6.27. The summed E-state index contributed by atoms with van der Waals surface area (Å²) < 4.78 is 42.2. The van der Waals surface area contributed by atoms with Crippen molar-refractivity contribution in [1.29, 1.82) is 5.26 Å². The Hall–Kier alpha value is -4.54. The molecule has 47 heavy (non-hydrogen) atoms. The van der Waals surface area contributed by atoms with E-state index in [1.807, 2.05) is 36.4 Å². The molecular weight excluding hydrogens is 627 g/mol. The van der Waals surface area contributed by atoms with Gasteiger partial charge in [0, 0.05) is 6.20 Å². The highest BCUT2D eigenvalue weighted by Gasteiger charge is 2.56. The topological polar surface area (TPSA) is 188 Å². The molecule has 1 saturated heterocycles. The average Bonchev–Trinajstić information content (AvgIpc) is 3.41. The summed E-state index contributed by atoms with van der Waals surface area (Å²) >= 11 is 0. The average molecular weight is 663 g/mol. The Kier molecular flexibility index (Phi) is 10.7. The molecule has 1 aromatic heterocycles. The molecule has 4 N–H and O–H groups in total. The zero-order chi connectivity index (χ0) is 33.6. The van der Waals surface area contributed by atoms with Crippen molar-refractivity contribution in [3.05, 3.63) is 118 Å². The van der Waals surface area contributed by atoms with Gasteiger partial charge in [-0.25, -0.2) is 4.79 Å². The molecule has 0 bridgehead atoms. The SMILES string of the molecule is COc1ccc(C(c2ccccc2)(c2ccc(OC)cc2)C(O)[C@H]2O[C@@H](n3ccc(N)nc3=O)[C@H](O)[C@@H]2O[PH](=O)OCCC#N)cc1. The van der Waals surface area contributed by atoms with Gasteiger partial charge in [0.2, 0.25) is 0 Å². The Morgan fingerprint density at radius 2 is 1.57 bits per heavy atom. The molecular formula is C33H35N4O9P. The van der Waals surface area contributed by atoms with E-state index in [-0.39, 0.29) is 18.8 Å². The van der Waals surface area contributed by atoms with Crippen molar-refractivity contribution in [2.24, 2.45) is 0 Å². The Morgan fingerprint density at radius 1 is 1.00 bits per heavy atom. The highest BCUT2D eigenvalue weighted by Crippen LogP contribution is 2.49. The molecule has 2 unspecified atom stereocenters. The van der Waals surface area contributed by atoms with Crippen LogP contribution in [-0.2, 0) is 23.8 Å². The molecule has 13 nitrogen and oxygen atoms in total. The number of anilines is 1. The zero-order valence-corrected chi connectivity index (χ0v) is 26.6.